The van der Waals surface area contributed by atoms with Gasteiger partial charge < -0.3 is 14.7 Å². The molecule has 1 fully saturated rings. The third-order valence-electron chi connectivity index (χ3n) is 4.16. The summed E-state index contributed by atoms with van der Waals surface area (Å²) in [5.41, 5.74) is 2.09. The van der Waals surface area contributed by atoms with Crippen molar-refractivity contribution in [1.82, 2.24) is 4.90 Å². The van der Waals surface area contributed by atoms with Gasteiger partial charge in [-0.1, -0.05) is 24.3 Å². The molecular formula is C19H29NO3. The van der Waals surface area contributed by atoms with Crippen LogP contribution in [0.25, 0.3) is 0 Å². The van der Waals surface area contributed by atoms with Crippen LogP contribution >= 0.6 is 0 Å². The van der Waals surface area contributed by atoms with Crippen LogP contribution in [-0.2, 0) is 11.2 Å². The van der Waals surface area contributed by atoms with Crippen LogP contribution in [0.5, 0.6) is 0 Å². The number of hydrogen-bond donors (Lipinski definition) is 1. The predicted octanol–water partition coefficient (Wildman–Crippen LogP) is 3.72. The molecule has 1 saturated heterocycles. The van der Waals surface area contributed by atoms with Crippen molar-refractivity contribution >= 4 is 6.09 Å². The second kappa shape index (κ2) is 7.35. The molecule has 1 amide bonds. The number of aliphatic hydroxyl groups excluding tert-OH is 1. The van der Waals surface area contributed by atoms with Gasteiger partial charge in [0.2, 0.25) is 0 Å². The van der Waals surface area contributed by atoms with Crippen LogP contribution in [0.2, 0.25) is 0 Å². The van der Waals surface area contributed by atoms with Gasteiger partial charge in [0, 0.05) is 13.1 Å². The number of nitrogens with zero attached hydrogens (tertiary/aromatic N) is 1. The molecule has 0 aromatic heterocycles. The number of carbonyl (C=O) groups excluding carboxylic acids is 1. The van der Waals surface area contributed by atoms with E-state index in [-0.39, 0.29) is 12.2 Å². The fourth-order valence-corrected chi connectivity index (χ4v) is 3.14. The van der Waals surface area contributed by atoms with E-state index in [0.717, 1.165) is 25.9 Å². The average molecular weight is 319 g/mol. The van der Waals surface area contributed by atoms with Crippen LogP contribution < -0.4 is 0 Å². The topological polar surface area (TPSA) is 49.8 Å². The number of benzene rings is 1. The SMILES string of the molecule is CC(O)Cc1ccccc1C1CCN(C(=O)OC(C)(C)C)CC1. The van der Waals surface area contributed by atoms with Gasteiger partial charge in [-0.05, 0) is 64.0 Å². The van der Waals surface area contributed by atoms with E-state index in [1.807, 2.05) is 33.8 Å². The van der Waals surface area contributed by atoms with Crippen molar-refractivity contribution in [3.8, 4) is 0 Å². The van der Waals surface area contributed by atoms with E-state index in [1.165, 1.54) is 11.1 Å². The molecule has 1 N–H and O–H groups in total. The Morgan fingerprint density at radius 2 is 1.91 bits per heavy atom. The number of aliphatic hydroxyl groups is 1. The zero-order valence-electron chi connectivity index (χ0n) is 14.7. The van der Waals surface area contributed by atoms with Gasteiger partial charge in [-0.2, -0.15) is 0 Å². The molecule has 1 aliphatic rings. The Morgan fingerprint density at radius 1 is 1.30 bits per heavy atom. The van der Waals surface area contributed by atoms with Gasteiger partial charge >= 0.3 is 6.09 Å². The molecule has 0 radical (unpaired) electrons. The Hall–Kier alpha value is -1.55. The molecule has 1 aromatic carbocycles. The van der Waals surface area contributed by atoms with Crippen LogP contribution in [0.1, 0.15) is 57.6 Å². The van der Waals surface area contributed by atoms with Crippen LogP contribution in [0.4, 0.5) is 4.79 Å². The number of hydrogen-bond acceptors (Lipinski definition) is 3. The molecule has 2 rings (SSSR count). The van der Waals surface area contributed by atoms with E-state index < -0.39 is 5.60 Å². The molecule has 1 heterocycles. The van der Waals surface area contributed by atoms with Gasteiger partial charge in [-0.25, -0.2) is 4.79 Å². The normalized spacial score (nSPS) is 17.9. The first-order chi connectivity index (χ1) is 10.8. The zero-order valence-corrected chi connectivity index (χ0v) is 14.7. The third-order valence-corrected chi connectivity index (χ3v) is 4.16. The van der Waals surface area contributed by atoms with Gasteiger partial charge in [0.15, 0.2) is 0 Å². The first-order valence-corrected chi connectivity index (χ1v) is 8.50. The van der Waals surface area contributed by atoms with Crippen molar-refractivity contribution in [2.24, 2.45) is 0 Å². The lowest BCUT2D eigenvalue weighted by Gasteiger charge is -2.34. The highest BCUT2D eigenvalue weighted by Crippen LogP contribution is 2.31. The number of amides is 1. The average Bonchev–Trinajstić information content (AvgIpc) is 2.45. The van der Waals surface area contributed by atoms with Crippen LogP contribution in [0.15, 0.2) is 24.3 Å². The fourth-order valence-electron chi connectivity index (χ4n) is 3.14. The van der Waals surface area contributed by atoms with Gasteiger partial charge in [0.25, 0.3) is 0 Å². The van der Waals surface area contributed by atoms with E-state index in [4.69, 9.17) is 4.74 Å². The van der Waals surface area contributed by atoms with E-state index >= 15 is 0 Å². The highest BCUT2D eigenvalue weighted by atomic mass is 16.6. The Morgan fingerprint density at radius 3 is 2.48 bits per heavy atom. The molecule has 23 heavy (non-hydrogen) atoms. The van der Waals surface area contributed by atoms with Crippen molar-refractivity contribution in [3.63, 3.8) is 0 Å². The molecule has 0 saturated carbocycles. The van der Waals surface area contributed by atoms with Crippen LogP contribution in [0, 0.1) is 0 Å². The molecule has 1 aliphatic heterocycles. The summed E-state index contributed by atoms with van der Waals surface area (Å²) < 4.78 is 5.45. The minimum atomic E-state index is -0.447. The number of likely N-dealkylation sites (tertiary alicyclic amines) is 1. The summed E-state index contributed by atoms with van der Waals surface area (Å²) in [6.07, 6.45) is 2.01. The lowest BCUT2D eigenvalue weighted by molar-refractivity contribution is 0.0204. The molecule has 4 heteroatoms. The van der Waals surface area contributed by atoms with Gasteiger partial charge in [0.1, 0.15) is 5.60 Å². The number of piperidine rings is 1. The molecule has 128 valence electrons. The van der Waals surface area contributed by atoms with Crippen molar-refractivity contribution < 1.29 is 14.6 Å². The zero-order chi connectivity index (χ0) is 17.0. The number of carbonyl (C=O) groups is 1. The molecule has 1 atom stereocenters. The van der Waals surface area contributed by atoms with Crippen molar-refractivity contribution in [2.45, 2.75) is 64.6 Å². The second-order valence-corrected chi connectivity index (χ2v) is 7.49. The van der Waals surface area contributed by atoms with E-state index in [0.29, 0.717) is 12.3 Å². The third kappa shape index (κ3) is 5.24. The highest BCUT2D eigenvalue weighted by Gasteiger charge is 2.28. The number of ether oxygens (including phenoxy) is 1. The Bertz CT molecular complexity index is 526. The molecule has 0 bridgehead atoms. The highest BCUT2D eigenvalue weighted by molar-refractivity contribution is 5.68. The summed E-state index contributed by atoms with van der Waals surface area (Å²) in [4.78, 5) is 13.9. The molecule has 0 spiro atoms. The Balaban J connectivity index is 1.98. The van der Waals surface area contributed by atoms with Crippen LogP contribution in [0.3, 0.4) is 0 Å². The van der Waals surface area contributed by atoms with Crippen LogP contribution in [-0.4, -0.2) is 40.9 Å². The van der Waals surface area contributed by atoms with Gasteiger partial charge in [0.05, 0.1) is 6.10 Å². The van der Waals surface area contributed by atoms with E-state index in [9.17, 15) is 9.90 Å². The van der Waals surface area contributed by atoms with Crippen molar-refractivity contribution in [1.29, 1.82) is 0 Å². The lowest BCUT2D eigenvalue weighted by atomic mass is 9.85. The minimum absolute atomic E-state index is 0.215. The lowest BCUT2D eigenvalue weighted by Crippen LogP contribution is -2.41. The molecule has 0 aliphatic carbocycles. The van der Waals surface area contributed by atoms with Gasteiger partial charge in [-0.3, -0.25) is 0 Å². The monoisotopic (exact) mass is 319 g/mol. The molecule has 1 unspecified atom stereocenters. The Labute approximate surface area is 139 Å². The first kappa shape index (κ1) is 17.8. The summed E-state index contributed by atoms with van der Waals surface area (Å²) in [5.74, 6) is 0.448. The quantitative estimate of drug-likeness (QED) is 0.923. The second-order valence-electron chi connectivity index (χ2n) is 7.49. The molecular weight excluding hydrogens is 290 g/mol. The van der Waals surface area contributed by atoms with Crippen molar-refractivity contribution in [3.05, 3.63) is 35.4 Å². The minimum Gasteiger partial charge on any atom is -0.444 e. The standard InChI is InChI=1S/C19H29NO3/c1-14(21)13-16-7-5-6-8-17(16)15-9-11-20(12-10-15)18(22)23-19(2,3)4/h5-8,14-15,21H,9-13H2,1-4H3. The van der Waals surface area contributed by atoms with E-state index in [2.05, 4.69) is 18.2 Å². The number of rotatable bonds is 3. The summed E-state index contributed by atoms with van der Waals surface area (Å²) in [7, 11) is 0. The fraction of sp³-hybridized carbons (Fsp3) is 0.632. The first-order valence-electron chi connectivity index (χ1n) is 8.50. The van der Waals surface area contributed by atoms with Gasteiger partial charge in [-0.15, -0.1) is 0 Å². The smallest absolute Gasteiger partial charge is 0.410 e. The molecule has 1 aromatic rings. The summed E-state index contributed by atoms with van der Waals surface area (Å²) in [6, 6.07) is 8.34. The summed E-state index contributed by atoms with van der Waals surface area (Å²) >= 11 is 0. The Kier molecular flexibility index (Phi) is 5.69. The largest absolute Gasteiger partial charge is 0.444 e. The van der Waals surface area contributed by atoms with Crippen molar-refractivity contribution in [2.75, 3.05) is 13.1 Å². The maximum Gasteiger partial charge on any atom is 0.410 e. The maximum absolute atomic E-state index is 12.1. The summed E-state index contributed by atoms with van der Waals surface area (Å²) in [5, 5.41) is 9.68. The summed E-state index contributed by atoms with van der Waals surface area (Å²) in [6.45, 7) is 8.95. The van der Waals surface area contributed by atoms with E-state index in [1.54, 1.807) is 4.90 Å². The molecule has 4 nitrogen and oxygen atoms in total. The maximum atomic E-state index is 12.1. The predicted molar refractivity (Wildman–Crippen MR) is 91.6 cm³/mol.